The topological polar surface area (TPSA) is 65.1 Å². The molecule has 21 heavy (non-hydrogen) atoms. The second-order valence-corrected chi connectivity index (χ2v) is 7.15. The molecule has 2 fully saturated rings. The number of nitrogens with zero attached hydrogens (tertiary/aromatic N) is 3. The monoisotopic (exact) mass is 296 g/mol. The average Bonchev–Trinajstić information content (AvgIpc) is 2.54. The summed E-state index contributed by atoms with van der Waals surface area (Å²) in [6.45, 7) is 10.6. The Morgan fingerprint density at radius 3 is 2.19 bits per heavy atom. The fourth-order valence-electron chi connectivity index (χ4n) is 3.85. The molecule has 0 aromatic carbocycles. The van der Waals surface area contributed by atoms with Crippen molar-refractivity contribution in [2.75, 3.05) is 26.2 Å². The van der Waals surface area contributed by atoms with Crippen molar-refractivity contribution in [3.63, 3.8) is 0 Å². The summed E-state index contributed by atoms with van der Waals surface area (Å²) in [6, 6.07) is 0.780. The number of hydrogen-bond donors (Lipinski definition) is 2. The molecule has 0 unspecified atom stereocenters. The molecule has 2 aliphatic rings. The highest BCUT2D eigenvalue weighted by molar-refractivity contribution is 5.88. The third kappa shape index (κ3) is 3.69. The maximum Gasteiger partial charge on any atom is 0.159 e. The van der Waals surface area contributed by atoms with Crippen LogP contribution in [0.15, 0.2) is 5.16 Å². The highest BCUT2D eigenvalue weighted by atomic mass is 16.4. The molecule has 1 aliphatic heterocycles. The van der Waals surface area contributed by atoms with E-state index in [0.29, 0.717) is 5.84 Å². The molecular weight excluding hydrogens is 264 g/mol. The third-order valence-corrected chi connectivity index (χ3v) is 5.75. The highest BCUT2D eigenvalue weighted by Crippen LogP contribution is 2.30. The number of nitrogens with two attached hydrogens (primary N) is 1. The molecule has 0 atom stereocenters. The van der Waals surface area contributed by atoms with Gasteiger partial charge in [-0.05, 0) is 45.4 Å². The smallest absolute Gasteiger partial charge is 0.159 e. The molecule has 0 aromatic heterocycles. The summed E-state index contributed by atoms with van der Waals surface area (Å²) >= 11 is 0. The van der Waals surface area contributed by atoms with Crippen LogP contribution in [0, 0.1) is 5.92 Å². The van der Waals surface area contributed by atoms with Crippen LogP contribution in [0.5, 0.6) is 0 Å². The van der Waals surface area contributed by atoms with Crippen molar-refractivity contribution >= 4 is 5.84 Å². The second-order valence-electron chi connectivity index (χ2n) is 7.15. The number of hydrogen-bond acceptors (Lipinski definition) is 4. The van der Waals surface area contributed by atoms with Crippen LogP contribution < -0.4 is 5.73 Å². The third-order valence-electron chi connectivity index (χ3n) is 5.75. The molecule has 1 heterocycles. The van der Waals surface area contributed by atoms with Crippen molar-refractivity contribution in [1.29, 1.82) is 0 Å². The first-order valence-corrected chi connectivity index (χ1v) is 8.46. The molecule has 0 radical (unpaired) electrons. The minimum Gasteiger partial charge on any atom is -0.409 e. The molecule has 3 N–H and O–H groups in total. The quantitative estimate of drug-likeness (QED) is 0.361. The number of rotatable bonds is 4. The summed E-state index contributed by atoms with van der Waals surface area (Å²) in [6.07, 6.45) is 6.87. The Labute approximate surface area is 129 Å². The highest BCUT2D eigenvalue weighted by Gasteiger charge is 2.35. The van der Waals surface area contributed by atoms with Crippen LogP contribution in [0.4, 0.5) is 0 Å². The Bertz CT molecular complexity index is 353. The van der Waals surface area contributed by atoms with E-state index in [1.807, 2.05) is 13.8 Å². The molecular formula is C16H32N4O. The molecule has 122 valence electrons. The molecule has 5 nitrogen and oxygen atoms in total. The fraction of sp³-hybridized carbons (Fsp3) is 0.938. The second kappa shape index (κ2) is 6.97. The molecule has 5 heteroatoms. The average molecular weight is 296 g/mol. The zero-order valence-electron chi connectivity index (χ0n) is 13.9. The molecule has 0 amide bonds. The Morgan fingerprint density at radius 1 is 1.14 bits per heavy atom. The molecule has 1 saturated heterocycles. The van der Waals surface area contributed by atoms with Crippen LogP contribution >= 0.6 is 0 Å². The first kappa shape index (κ1) is 16.6. The van der Waals surface area contributed by atoms with Gasteiger partial charge in [-0.2, -0.15) is 0 Å². The van der Waals surface area contributed by atoms with E-state index in [0.717, 1.165) is 38.1 Å². The van der Waals surface area contributed by atoms with Gasteiger partial charge in [-0.3, -0.25) is 9.80 Å². The molecule has 2 rings (SSSR count). The Hall–Kier alpha value is -0.810. The number of piperazine rings is 1. The van der Waals surface area contributed by atoms with Crippen LogP contribution in [0.3, 0.4) is 0 Å². The summed E-state index contributed by atoms with van der Waals surface area (Å²) in [5.41, 5.74) is 5.47. The summed E-state index contributed by atoms with van der Waals surface area (Å²) < 4.78 is 0. The van der Waals surface area contributed by atoms with E-state index < -0.39 is 0 Å². The van der Waals surface area contributed by atoms with Gasteiger partial charge in [-0.1, -0.05) is 18.5 Å². The molecule has 0 aromatic rings. The first-order chi connectivity index (χ1) is 9.98. The van der Waals surface area contributed by atoms with Crippen molar-refractivity contribution in [1.82, 2.24) is 9.80 Å². The Morgan fingerprint density at radius 2 is 1.71 bits per heavy atom. The fourth-order valence-corrected chi connectivity index (χ4v) is 3.85. The predicted octanol–water partition coefficient (Wildman–Crippen LogP) is 2.10. The van der Waals surface area contributed by atoms with Gasteiger partial charge in [-0.25, -0.2) is 0 Å². The van der Waals surface area contributed by atoms with Crippen LogP contribution in [0.25, 0.3) is 0 Å². The number of amidine groups is 1. The molecule has 1 aliphatic carbocycles. The van der Waals surface area contributed by atoms with Gasteiger partial charge in [0.05, 0.1) is 5.54 Å². The van der Waals surface area contributed by atoms with Crippen molar-refractivity contribution in [3.05, 3.63) is 0 Å². The van der Waals surface area contributed by atoms with Gasteiger partial charge in [0.15, 0.2) is 5.84 Å². The largest absolute Gasteiger partial charge is 0.409 e. The molecule has 1 saturated carbocycles. The van der Waals surface area contributed by atoms with E-state index in [1.165, 1.54) is 32.1 Å². The summed E-state index contributed by atoms with van der Waals surface area (Å²) in [5, 5.41) is 12.1. The van der Waals surface area contributed by atoms with E-state index in [9.17, 15) is 0 Å². The predicted molar refractivity (Wildman–Crippen MR) is 86.7 cm³/mol. The standard InChI is InChI=1S/C16H32N4O/c1-4-13-5-7-14(8-6-13)19-9-11-20(12-10-19)16(2,3)15(17)18-21/h13-14,21H,4-12H2,1-3H3,(H2,17,18). The van der Waals surface area contributed by atoms with Crippen molar-refractivity contribution < 1.29 is 5.21 Å². The van der Waals surface area contributed by atoms with E-state index >= 15 is 0 Å². The van der Waals surface area contributed by atoms with E-state index in [2.05, 4.69) is 21.9 Å². The van der Waals surface area contributed by atoms with E-state index in [4.69, 9.17) is 10.9 Å². The lowest BCUT2D eigenvalue weighted by atomic mass is 9.83. The van der Waals surface area contributed by atoms with Crippen LogP contribution in [0.2, 0.25) is 0 Å². The minimum atomic E-state index is -0.360. The van der Waals surface area contributed by atoms with Crippen molar-refractivity contribution in [2.24, 2.45) is 16.8 Å². The van der Waals surface area contributed by atoms with E-state index in [1.54, 1.807) is 0 Å². The molecule has 0 bridgehead atoms. The van der Waals surface area contributed by atoms with E-state index in [-0.39, 0.29) is 5.54 Å². The maximum absolute atomic E-state index is 8.93. The van der Waals surface area contributed by atoms with Crippen molar-refractivity contribution in [3.8, 4) is 0 Å². The van der Waals surface area contributed by atoms with Gasteiger partial charge in [0.25, 0.3) is 0 Å². The van der Waals surface area contributed by atoms with Gasteiger partial charge in [-0.15, -0.1) is 0 Å². The lowest BCUT2D eigenvalue weighted by Crippen LogP contribution is -2.61. The molecule has 0 spiro atoms. The zero-order chi connectivity index (χ0) is 15.5. The van der Waals surface area contributed by atoms with Gasteiger partial charge in [0.2, 0.25) is 0 Å². The van der Waals surface area contributed by atoms with Crippen LogP contribution in [-0.4, -0.2) is 58.6 Å². The zero-order valence-corrected chi connectivity index (χ0v) is 13.9. The SMILES string of the molecule is CCC1CCC(N2CCN(C(C)(C)C(N)=NO)CC2)CC1. The van der Waals surface area contributed by atoms with Crippen LogP contribution in [0.1, 0.15) is 52.9 Å². The summed E-state index contributed by atoms with van der Waals surface area (Å²) in [4.78, 5) is 4.99. The van der Waals surface area contributed by atoms with Crippen LogP contribution in [-0.2, 0) is 0 Å². The van der Waals surface area contributed by atoms with Crippen molar-refractivity contribution in [2.45, 2.75) is 64.5 Å². The Kier molecular flexibility index (Phi) is 5.49. The normalized spacial score (nSPS) is 30.5. The maximum atomic E-state index is 8.93. The van der Waals surface area contributed by atoms with Gasteiger partial charge in [0.1, 0.15) is 0 Å². The summed E-state index contributed by atoms with van der Waals surface area (Å²) in [5.74, 6) is 1.27. The first-order valence-electron chi connectivity index (χ1n) is 8.46. The lowest BCUT2D eigenvalue weighted by Gasteiger charge is -2.46. The Balaban J connectivity index is 1.84. The summed E-state index contributed by atoms with van der Waals surface area (Å²) in [7, 11) is 0. The van der Waals surface area contributed by atoms with Gasteiger partial charge >= 0.3 is 0 Å². The lowest BCUT2D eigenvalue weighted by molar-refractivity contribution is 0.0424. The number of oxime groups is 1. The van der Waals surface area contributed by atoms with Gasteiger partial charge in [0, 0.05) is 32.2 Å². The van der Waals surface area contributed by atoms with Gasteiger partial charge < -0.3 is 10.9 Å². The minimum absolute atomic E-state index is 0.305.